The molecule has 1 aromatic rings. The summed E-state index contributed by atoms with van der Waals surface area (Å²) in [6.45, 7) is 18.0. The minimum absolute atomic E-state index is 0.0493. The van der Waals surface area contributed by atoms with Gasteiger partial charge < -0.3 is 30.9 Å². The van der Waals surface area contributed by atoms with E-state index in [0.29, 0.717) is 31.5 Å². The van der Waals surface area contributed by atoms with Crippen molar-refractivity contribution in [1.82, 2.24) is 25.6 Å². The first-order chi connectivity index (χ1) is 28.2. The summed E-state index contributed by atoms with van der Waals surface area (Å²) in [5.41, 5.74) is -2.70. The van der Waals surface area contributed by atoms with E-state index in [0.717, 1.165) is 51.4 Å². The van der Waals surface area contributed by atoms with Crippen molar-refractivity contribution in [3.05, 3.63) is 36.9 Å². The molecule has 4 saturated carbocycles. The SMILES string of the molecule is C=C[C@@H]1C[C@]1(NC(=O)[C@@H]1C[C@@]2(CN1C(=O)[C@@H](NC(=O)[C@@H](NC(=O)OC(CC)CC)C1CCCCC1)C(C)(C)C)C(C)(C)C21CCC1)C(=O)NS(=O)(=O)c1ccccc1NC. The maximum Gasteiger partial charge on any atom is 0.408 e. The summed E-state index contributed by atoms with van der Waals surface area (Å²) in [5, 5.41) is 11.7. The number of para-hydroxylation sites is 1. The first-order valence-electron chi connectivity index (χ1n) is 22.1. The maximum atomic E-state index is 15.2. The first-order valence-corrected chi connectivity index (χ1v) is 23.5. The molecule has 14 nitrogen and oxygen atoms in total. The third-order valence-electron chi connectivity index (χ3n) is 15.4. The predicted molar refractivity (Wildman–Crippen MR) is 229 cm³/mol. The van der Waals surface area contributed by atoms with Crippen molar-refractivity contribution >= 4 is 45.4 Å². The molecule has 1 heterocycles. The summed E-state index contributed by atoms with van der Waals surface area (Å²) in [5.74, 6) is -3.03. The van der Waals surface area contributed by atoms with Crippen molar-refractivity contribution in [3.8, 4) is 0 Å². The summed E-state index contributed by atoms with van der Waals surface area (Å²) in [6, 6.07) is 3.20. The smallest absolute Gasteiger partial charge is 0.408 e. The van der Waals surface area contributed by atoms with Crippen LogP contribution < -0.4 is 26.0 Å². The quantitative estimate of drug-likeness (QED) is 0.136. The highest BCUT2D eigenvalue weighted by molar-refractivity contribution is 7.90. The molecule has 4 aliphatic carbocycles. The molecule has 1 aliphatic heterocycles. The van der Waals surface area contributed by atoms with Crippen LogP contribution >= 0.6 is 0 Å². The lowest BCUT2D eigenvalue weighted by Gasteiger charge is -2.38. The molecule has 332 valence electrons. The number of likely N-dealkylation sites (tertiary alicyclic amines) is 1. The second-order valence-corrected chi connectivity index (χ2v) is 21.3. The highest BCUT2D eigenvalue weighted by atomic mass is 32.2. The lowest BCUT2D eigenvalue weighted by Crippen LogP contribution is -2.62. The fourth-order valence-corrected chi connectivity index (χ4v) is 12.5. The maximum absolute atomic E-state index is 15.2. The Hall–Kier alpha value is -4.14. The summed E-state index contributed by atoms with van der Waals surface area (Å²) in [7, 11) is -2.77. The Labute approximate surface area is 356 Å². The number of carbonyl (C=O) groups is 5. The van der Waals surface area contributed by atoms with Gasteiger partial charge in [-0.25, -0.2) is 17.9 Å². The molecule has 1 saturated heterocycles. The van der Waals surface area contributed by atoms with E-state index < -0.39 is 74.7 Å². The normalized spacial score (nSPS) is 27.6. The number of rotatable bonds is 15. The van der Waals surface area contributed by atoms with Gasteiger partial charge in [-0.2, -0.15) is 0 Å². The van der Waals surface area contributed by atoms with Crippen LogP contribution in [0, 0.1) is 33.5 Å². The molecule has 2 spiro atoms. The van der Waals surface area contributed by atoms with Gasteiger partial charge in [0.1, 0.15) is 34.7 Å². The summed E-state index contributed by atoms with van der Waals surface area (Å²) in [4.78, 5) is 73.2. The molecule has 0 unspecified atom stereocenters. The predicted octanol–water partition coefficient (Wildman–Crippen LogP) is 5.79. The third kappa shape index (κ3) is 7.80. The van der Waals surface area contributed by atoms with E-state index in [1.54, 1.807) is 30.1 Å². The van der Waals surface area contributed by atoms with E-state index in [1.165, 1.54) is 12.1 Å². The van der Waals surface area contributed by atoms with Crippen molar-refractivity contribution in [2.45, 2.75) is 160 Å². The number of hydrogen-bond donors (Lipinski definition) is 5. The van der Waals surface area contributed by atoms with Gasteiger partial charge in [0.25, 0.3) is 15.9 Å². The summed E-state index contributed by atoms with van der Waals surface area (Å²) < 4.78 is 35.0. The Bertz CT molecular complexity index is 1970. The Morgan fingerprint density at radius 3 is 2.13 bits per heavy atom. The average Bonchev–Trinajstić information content (AvgIpc) is 3.92. The van der Waals surface area contributed by atoms with Gasteiger partial charge in [0.15, 0.2) is 0 Å². The fourth-order valence-electron chi connectivity index (χ4n) is 11.3. The van der Waals surface area contributed by atoms with E-state index >= 15 is 4.79 Å². The van der Waals surface area contributed by atoms with Crippen molar-refractivity contribution in [2.24, 2.45) is 33.5 Å². The zero-order valence-electron chi connectivity index (χ0n) is 36.9. The van der Waals surface area contributed by atoms with E-state index in [1.807, 2.05) is 34.6 Å². The molecule has 0 aromatic heterocycles. The lowest BCUT2D eigenvalue weighted by molar-refractivity contribution is -0.145. The lowest BCUT2D eigenvalue weighted by atomic mass is 9.73. The van der Waals surface area contributed by atoms with E-state index in [4.69, 9.17) is 4.74 Å². The number of nitrogens with zero attached hydrogens (tertiary/aromatic N) is 1. The molecule has 1 aromatic carbocycles. The number of ether oxygens (including phenoxy) is 1. The topological polar surface area (TPSA) is 192 Å². The van der Waals surface area contributed by atoms with Crippen molar-refractivity contribution in [2.75, 3.05) is 18.9 Å². The Kier molecular flexibility index (Phi) is 12.6. The second kappa shape index (κ2) is 16.6. The van der Waals surface area contributed by atoms with Crippen LogP contribution in [0.25, 0.3) is 0 Å². The molecular formula is C45H68N6O8S. The van der Waals surface area contributed by atoms with Crippen LogP contribution in [0.15, 0.2) is 41.8 Å². The highest BCUT2D eigenvalue weighted by Gasteiger charge is 2.85. The average molecular weight is 853 g/mol. The summed E-state index contributed by atoms with van der Waals surface area (Å²) >= 11 is 0. The minimum Gasteiger partial charge on any atom is -0.446 e. The molecule has 6 atom stereocenters. The van der Waals surface area contributed by atoms with Crippen LogP contribution in [0.2, 0.25) is 0 Å². The van der Waals surface area contributed by atoms with Gasteiger partial charge >= 0.3 is 6.09 Å². The molecular weight excluding hydrogens is 785 g/mol. The Morgan fingerprint density at radius 2 is 1.60 bits per heavy atom. The van der Waals surface area contributed by atoms with Gasteiger partial charge in [-0.3, -0.25) is 19.2 Å². The van der Waals surface area contributed by atoms with Crippen LogP contribution in [0.5, 0.6) is 0 Å². The molecule has 5 amide bonds. The number of nitrogens with one attached hydrogen (secondary N) is 5. The van der Waals surface area contributed by atoms with Crippen LogP contribution in [0.3, 0.4) is 0 Å². The number of alkyl carbamates (subject to hydrolysis) is 1. The van der Waals surface area contributed by atoms with E-state index in [-0.39, 0.29) is 39.6 Å². The molecule has 60 heavy (non-hydrogen) atoms. The number of benzene rings is 1. The highest BCUT2D eigenvalue weighted by Crippen LogP contribution is 2.88. The van der Waals surface area contributed by atoms with Crippen molar-refractivity contribution in [1.29, 1.82) is 0 Å². The van der Waals surface area contributed by atoms with Crippen LogP contribution in [0.1, 0.15) is 126 Å². The molecule has 0 bridgehead atoms. The number of amides is 5. The van der Waals surface area contributed by atoms with Crippen molar-refractivity contribution < 1.29 is 37.1 Å². The first kappa shape index (κ1) is 45.4. The van der Waals surface area contributed by atoms with Gasteiger partial charge in [-0.15, -0.1) is 6.58 Å². The monoisotopic (exact) mass is 852 g/mol. The fraction of sp³-hybridized carbons (Fsp3) is 0.711. The standard InChI is InChI=1S/C45H68N6O8S/c1-10-29-25-45(29,39(55)50-60(57,58)33-22-17-16-21-31(33)46-9)49-36(52)32-26-44(42(7,8)43(44)23-18-24-43)27-51(32)38(54)35(41(4,5)6)48-37(53)34(28-19-14-13-15-20-28)47-40(56)59-30(11-2)12-3/h10,16-17,21-22,28-30,32,34-35,46H,1,11-15,18-20,23-27H2,2-9H3,(H,47,56)(H,48,53)(H,49,52)(H,50,55)/t29-,32+,34+,35-,44-,45-/m1/s1. The van der Waals surface area contributed by atoms with E-state index in [2.05, 4.69) is 46.4 Å². The van der Waals surface area contributed by atoms with Crippen LogP contribution in [-0.2, 0) is 33.9 Å². The largest absolute Gasteiger partial charge is 0.446 e. The third-order valence-corrected chi connectivity index (χ3v) is 16.8. The van der Waals surface area contributed by atoms with Crippen LogP contribution in [-0.4, -0.2) is 86.4 Å². The molecule has 5 aliphatic rings. The molecule has 15 heteroatoms. The number of fused-ring (bicyclic) bond motifs is 1. The van der Waals surface area contributed by atoms with E-state index in [9.17, 15) is 27.6 Å². The molecule has 5 N–H and O–H groups in total. The molecule has 0 radical (unpaired) electrons. The number of sulfonamides is 1. The minimum atomic E-state index is -4.35. The van der Waals surface area contributed by atoms with Crippen molar-refractivity contribution in [3.63, 3.8) is 0 Å². The van der Waals surface area contributed by atoms with Gasteiger partial charge in [0.05, 0.1) is 5.69 Å². The summed E-state index contributed by atoms with van der Waals surface area (Å²) in [6.07, 6.45) is 9.74. The molecule has 5 fully saturated rings. The zero-order chi connectivity index (χ0) is 44.1. The van der Waals surface area contributed by atoms with Gasteiger partial charge in [0, 0.05) is 24.9 Å². The van der Waals surface area contributed by atoms with Gasteiger partial charge in [-0.1, -0.05) is 92.4 Å². The second-order valence-electron chi connectivity index (χ2n) is 19.7. The van der Waals surface area contributed by atoms with Crippen LogP contribution in [0.4, 0.5) is 10.5 Å². The van der Waals surface area contributed by atoms with Gasteiger partial charge in [-0.05, 0) is 85.7 Å². The molecule has 6 rings (SSSR count). The number of carbonyl (C=O) groups excluding carboxylic acids is 5. The Balaban J connectivity index is 1.28. The zero-order valence-corrected chi connectivity index (χ0v) is 37.7. The number of anilines is 1. The van der Waals surface area contributed by atoms with Gasteiger partial charge in [0.2, 0.25) is 17.7 Å². The number of hydrogen-bond acceptors (Lipinski definition) is 9. The Morgan fingerprint density at radius 1 is 0.950 bits per heavy atom.